The molecule has 1 unspecified atom stereocenters. The summed E-state index contributed by atoms with van der Waals surface area (Å²) in [4.78, 5) is 16.0. The van der Waals surface area contributed by atoms with Crippen LogP contribution in [0.25, 0.3) is 0 Å². The zero-order valence-corrected chi connectivity index (χ0v) is 33.4. The number of methoxy groups -OCH3 is 1. The van der Waals surface area contributed by atoms with E-state index in [1.165, 1.54) is 14.0 Å². The summed E-state index contributed by atoms with van der Waals surface area (Å²) in [6.45, 7) is 16.6. The van der Waals surface area contributed by atoms with Gasteiger partial charge in [0.05, 0.1) is 53.4 Å². The molecule has 0 spiro atoms. The molecule has 3 aliphatic heterocycles. The van der Waals surface area contributed by atoms with E-state index in [1.807, 2.05) is 25.9 Å². The Balaban J connectivity index is 2.21. The first-order chi connectivity index (χ1) is 24.0. The molecule has 0 aliphatic carbocycles. The van der Waals surface area contributed by atoms with Gasteiger partial charge in [-0.15, -0.1) is 0 Å². The molecule has 15 heteroatoms. The van der Waals surface area contributed by atoms with Crippen LogP contribution in [0.1, 0.15) is 94.9 Å². The fraction of sp³-hybridized carbons (Fsp3) is 0.946. The zero-order valence-electron chi connectivity index (χ0n) is 33.4. The van der Waals surface area contributed by atoms with E-state index in [4.69, 9.17) is 28.4 Å². The highest BCUT2D eigenvalue weighted by Crippen LogP contribution is 2.41. The molecule has 15 nitrogen and oxygen atoms in total. The Morgan fingerprint density at radius 2 is 1.54 bits per heavy atom. The quantitative estimate of drug-likeness (QED) is 0.125. The summed E-state index contributed by atoms with van der Waals surface area (Å²) in [6, 6.07) is -0.322. The van der Waals surface area contributed by atoms with Gasteiger partial charge in [0.15, 0.2) is 12.6 Å². The lowest BCUT2D eigenvalue weighted by molar-refractivity contribution is -0.317. The predicted octanol–water partition coefficient (Wildman–Crippen LogP) is 2.05. The molecule has 0 saturated carbocycles. The van der Waals surface area contributed by atoms with E-state index < -0.39 is 102 Å². The van der Waals surface area contributed by atoms with E-state index in [1.54, 1.807) is 55.4 Å². The molecule has 6 N–H and O–H groups in total. The van der Waals surface area contributed by atoms with Crippen LogP contribution in [0.15, 0.2) is 5.16 Å². The summed E-state index contributed by atoms with van der Waals surface area (Å²) in [5.74, 6) is -4.24. The summed E-state index contributed by atoms with van der Waals surface area (Å²) in [5, 5.41) is 71.8. The molecule has 0 aromatic carbocycles. The SMILES string of the molecule is CC[C@H]1OC(=O)[C@H](C)[C@@H](O[C@H]2C[C@@](C)(OC)[C@@H](O)[C@H](C)O2)[C@H](C)[C@@H](O[C@@H]2O[C@H](C)C[C@H](N(C)C)[C@H]2O)C(C)(O)C[C@H](C)/C(=N\O)[C@H](C)[C@@H](O)[C@]1(C)O. The van der Waals surface area contributed by atoms with Gasteiger partial charge in [0.1, 0.15) is 23.9 Å². The first kappa shape index (κ1) is 44.9. The van der Waals surface area contributed by atoms with Gasteiger partial charge in [0.2, 0.25) is 0 Å². The molecule has 3 aliphatic rings. The van der Waals surface area contributed by atoms with Crippen LogP contribution in [0.3, 0.4) is 0 Å². The number of aliphatic hydroxyl groups is 5. The average Bonchev–Trinajstić information content (AvgIpc) is 3.06. The number of ether oxygens (including phenoxy) is 6. The standard InChI is InChI=1S/C37H68N2O13/c1-14-25-37(10,45)30(41)20(4)27(38-46)18(2)16-35(8,44)32(52-34-28(40)24(39(11)12)15-19(3)48-34)21(5)29(22(6)33(43)50-25)51-26-17-36(9,47-13)31(42)23(7)49-26/h18-26,28-32,34,40-42,44-46H,14-17H2,1-13H3/b38-27+/t18-,19+,20-,21-,22+,23-,24-,25+,26-,28+,29-,30+,31-,32+,34-,35?,36+,37+/m0/s1. The highest BCUT2D eigenvalue weighted by Gasteiger charge is 2.53. The van der Waals surface area contributed by atoms with Crippen molar-refractivity contribution in [3.8, 4) is 0 Å². The summed E-state index contributed by atoms with van der Waals surface area (Å²) in [7, 11) is 5.19. The minimum absolute atomic E-state index is 0.0657. The van der Waals surface area contributed by atoms with Crippen LogP contribution in [0.2, 0.25) is 0 Å². The van der Waals surface area contributed by atoms with Crippen molar-refractivity contribution in [2.24, 2.45) is 28.8 Å². The van der Waals surface area contributed by atoms with Crippen LogP contribution >= 0.6 is 0 Å². The molecule has 18 atom stereocenters. The van der Waals surface area contributed by atoms with Gasteiger partial charge in [0.25, 0.3) is 0 Å². The smallest absolute Gasteiger partial charge is 0.311 e. The Morgan fingerprint density at radius 1 is 0.923 bits per heavy atom. The minimum atomic E-state index is -1.97. The van der Waals surface area contributed by atoms with E-state index in [9.17, 15) is 35.5 Å². The Labute approximate surface area is 309 Å². The van der Waals surface area contributed by atoms with Crippen molar-refractivity contribution in [3.05, 3.63) is 0 Å². The van der Waals surface area contributed by atoms with Crippen molar-refractivity contribution in [3.63, 3.8) is 0 Å². The molecule has 304 valence electrons. The topological polar surface area (TPSA) is 209 Å². The largest absolute Gasteiger partial charge is 0.459 e. The second-order valence-electron chi connectivity index (χ2n) is 16.6. The fourth-order valence-electron chi connectivity index (χ4n) is 8.61. The Hall–Kier alpha value is -1.50. The van der Waals surface area contributed by atoms with E-state index in [0.717, 1.165) is 0 Å². The highest BCUT2D eigenvalue weighted by molar-refractivity contribution is 5.88. The average molecular weight is 749 g/mol. The van der Waals surface area contributed by atoms with E-state index >= 15 is 0 Å². The number of hydrogen-bond donors (Lipinski definition) is 6. The number of oxime groups is 1. The highest BCUT2D eigenvalue weighted by atomic mass is 16.7. The molecule has 3 fully saturated rings. The van der Waals surface area contributed by atoms with Crippen molar-refractivity contribution < 1.29 is 64.0 Å². The molecule has 0 aromatic heterocycles. The molecular weight excluding hydrogens is 680 g/mol. The van der Waals surface area contributed by atoms with Crippen LogP contribution < -0.4 is 0 Å². The molecular formula is C37H68N2O13. The third kappa shape index (κ3) is 9.47. The zero-order chi connectivity index (χ0) is 39.7. The number of hydrogen-bond acceptors (Lipinski definition) is 15. The first-order valence-corrected chi connectivity index (χ1v) is 18.7. The van der Waals surface area contributed by atoms with Crippen LogP contribution in [0.4, 0.5) is 0 Å². The van der Waals surface area contributed by atoms with Crippen molar-refractivity contribution in [1.82, 2.24) is 4.90 Å². The number of likely N-dealkylation sites (N-methyl/N-ethyl adjacent to an activating group) is 1. The maximum atomic E-state index is 14.1. The van der Waals surface area contributed by atoms with Gasteiger partial charge in [-0.1, -0.05) is 32.9 Å². The Morgan fingerprint density at radius 3 is 2.08 bits per heavy atom. The predicted molar refractivity (Wildman–Crippen MR) is 190 cm³/mol. The second kappa shape index (κ2) is 17.5. The van der Waals surface area contributed by atoms with Crippen molar-refractivity contribution in [2.45, 2.75) is 179 Å². The molecule has 3 saturated heterocycles. The lowest BCUT2D eigenvalue weighted by Crippen LogP contribution is -2.61. The van der Waals surface area contributed by atoms with Gasteiger partial charge in [-0.05, 0) is 74.9 Å². The third-order valence-corrected chi connectivity index (χ3v) is 12.0. The van der Waals surface area contributed by atoms with Crippen molar-refractivity contribution >= 4 is 11.7 Å². The number of aliphatic hydroxyl groups excluding tert-OH is 3. The summed E-state index contributed by atoms with van der Waals surface area (Å²) in [5.41, 5.74) is -4.68. The Bertz CT molecular complexity index is 1200. The van der Waals surface area contributed by atoms with Crippen molar-refractivity contribution in [2.75, 3.05) is 21.2 Å². The number of rotatable bonds is 7. The number of esters is 1. The molecule has 0 aromatic rings. The summed E-state index contributed by atoms with van der Waals surface area (Å²) in [6.07, 6.45) is -9.51. The van der Waals surface area contributed by atoms with Gasteiger partial charge >= 0.3 is 5.97 Å². The number of carbonyl (C=O) groups excluding carboxylic acids is 1. The lowest BCUT2D eigenvalue weighted by atomic mass is 9.73. The van der Waals surface area contributed by atoms with Gasteiger partial charge in [-0.2, -0.15) is 0 Å². The second-order valence-corrected chi connectivity index (χ2v) is 16.6. The molecule has 0 amide bonds. The van der Waals surface area contributed by atoms with E-state index in [0.29, 0.717) is 6.42 Å². The normalized spacial score (nSPS) is 49.8. The van der Waals surface area contributed by atoms with Crippen LogP contribution in [-0.2, 0) is 33.2 Å². The number of carbonyl (C=O) groups is 1. The van der Waals surface area contributed by atoms with Crippen molar-refractivity contribution in [1.29, 1.82) is 0 Å². The molecule has 0 bridgehead atoms. The maximum absolute atomic E-state index is 14.1. The molecule has 3 heterocycles. The number of nitrogens with zero attached hydrogens (tertiary/aromatic N) is 2. The lowest BCUT2D eigenvalue weighted by Gasteiger charge is -2.49. The summed E-state index contributed by atoms with van der Waals surface area (Å²) < 4.78 is 37.2. The number of cyclic esters (lactones) is 1. The summed E-state index contributed by atoms with van der Waals surface area (Å²) >= 11 is 0. The monoisotopic (exact) mass is 748 g/mol. The van der Waals surface area contributed by atoms with Gasteiger partial charge in [-0.25, -0.2) is 0 Å². The maximum Gasteiger partial charge on any atom is 0.311 e. The van der Waals surface area contributed by atoms with E-state index in [2.05, 4.69) is 5.16 Å². The minimum Gasteiger partial charge on any atom is -0.459 e. The van der Waals surface area contributed by atoms with E-state index in [-0.39, 0.29) is 37.1 Å². The van der Waals surface area contributed by atoms with Crippen LogP contribution in [-0.4, -0.2) is 153 Å². The molecule has 3 rings (SSSR count). The molecule has 0 radical (unpaired) electrons. The van der Waals surface area contributed by atoms with Gasteiger partial charge < -0.3 is 64.1 Å². The Kier molecular flexibility index (Phi) is 15.1. The fourth-order valence-corrected chi connectivity index (χ4v) is 8.61. The first-order valence-electron chi connectivity index (χ1n) is 18.7. The van der Waals surface area contributed by atoms with Gasteiger partial charge in [0, 0.05) is 37.3 Å². The van der Waals surface area contributed by atoms with Gasteiger partial charge in [-0.3, -0.25) is 4.79 Å². The van der Waals surface area contributed by atoms with Crippen LogP contribution in [0, 0.1) is 23.7 Å². The molecule has 52 heavy (non-hydrogen) atoms. The third-order valence-electron chi connectivity index (χ3n) is 12.0. The van der Waals surface area contributed by atoms with Crippen LogP contribution in [0.5, 0.6) is 0 Å².